The summed E-state index contributed by atoms with van der Waals surface area (Å²) >= 11 is 6.27. The number of carbonyl (C=O) groups is 1. The van der Waals surface area contributed by atoms with Gasteiger partial charge in [0.1, 0.15) is 5.75 Å². The van der Waals surface area contributed by atoms with Gasteiger partial charge >= 0.3 is 5.97 Å². The molecule has 0 fully saturated rings. The lowest BCUT2D eigenvalue weighted by atomic mass is 10.1. The maximum atomic E-state index is 12.4. The number of rotatable bonds is 4. The van der Waals surface area contributed by atoms with Crippen LogP contribution in [-0.4, -0.2) is 29.3 Å². The van der Waals surface area contributed by atoms with Gasteiger partial charge in [-0.1, -0.05) is 28.9 Å². The molecular formula is C20H17ClN2O5. The number of nitrogens with zero attached hydrogens (tertiary/aromatic N) is 2. The largest absolute Gasteiger partial charge is 0.489 e. The Morgan fingerprint density at radius 3 is 2.89 bits per heavy atom. The highest BCUT2D eigenvalue weighted by atomic mass is 35.5. The molecule has 7 nitrogen and oxygen atoms in total. The molecule has 2 heterocycles. The number of halogens is 1. The second-order valence-electron chi connectivity index (χ2n) is 6.27. The molecule has 4 rings (SSSR count). The van der Waals surface area contributed by atoms with Crippen molar-refractivity contribution >= 4 is 17.6 Å². The number of ether oxygens (including phenoxy) is 3. The van der Waals surface area contributed by atoms with Crippen molar-refractivity contribution in [2.24, 2.45) is 0 Å². The summed E-state index contributed by atoms with van der Waals surface area (Å²) in [7, 11) is 0. The maximum Gasteiger partial charge on any atom is 0.315 e. The summed E-state index contributed by atoms with van der Waals surface area (Å²) in [6, 6.07) is 10.4. The van der Waals surface area contributed by atoms with Crippen molar-refractivity contribution in [3.63, 3.8) is 0 Å². The minimum Gasteiger partial charge on any atom is -0.489 e. The van der Waals surface area contributed by atoms with Crippen LogP contribution < -0.4 is 14.2 Å². The number of fused-ring (bicyclic) bond motifs is 1. The monoisotopic (exact) mass is 400 g/mol. The van der Waals surface area contributed by atoms with Gasteiger partial charge in [-0.15, -0.1) is 0 Å². The summed E-state index contributed by atoms with van der Waals surface area (Å²) in [6.07, 6.45) is 0.820. The molecule has 0 radical (unpaired) electrons. The molecule has 0 saturated heterocycles. The van der Waals surface area contributed by atoms with Crippen LogP contribution in [0.1, 0.15) is 17.9 Å². The fourth-order valence-corrected chi connectivity index (χ4v) is 3.12. The Morgan fingerprint density at radius 2 is 2.07 bits per heavy atom. The second-order valence-corrected chi connectivity index (χ2v) is 6.68. The summed E-state index contributed by atoms with van der Waals surface area (Å²) in [6.45, 7) is 2.80. The van der Waals surface area contributed by atoms with Gasteiger partial charge in [-0.3, -0.25) is 4.79 Å². The first-order chi connectivity index (χ1) is 13.6. The molecule has 0 N–H and O–H groups in total. The highest BCUT2D eigenvalue weighted by Crippen LogP contribution is 2.38. The van der Waals surface area contributed by atoms with Gasteiger partial charge in [0.25, 0.3) is 0 Å². The van der Waals surface area contributed by atoms with Crippen molar-refractivity contribution < 1.29 is 23.5 Å². The SMILES string of the molecule is Cc1nc(-c2cccc(OC(=O)Cc3cc(Cl)c4c(c3)OCCCO4)c2)no1. The standard InChI is InChI=1S/C20H17ClN2O5/c1-12-22-20(23-28-12)14-4-2-5-15(11-14)27-18(24)10-13-8-16(21)19-17(9-13)25-6-3-7-26-19/h2,4-5,8-9,11H,3,6-7,10H2,1H3. The lowest BCUT2D eigenvalue weighted by Gasteiger charge is -2.11. The molecule has 0 saturated carbocycles. The molecule has 3 aromatic rings. The van der Waals surface area contributed by atoms with E-state index in [1.54, 1.807) is 37.3 Å². The van der Waals surface area contributed by atoms with E-state index in [4.69, 9.17) is 30.3 Å². The molecule has 0 unspecified atom stereocenters. The van der Waals surface area contributed by atoms with Gasteiger partial charge in [-0.2, -0.15) is 4.98 Å². The predicted octanol–water partition coefficient (Wildman–Crippen LogP) is 4.01. The zero-order chi connectivity index (χ0) is 19.5. The molecule has 1 aliphatic rings. The maximum absolute atomic E-state index is 12.4. The van der Waals surface area contributed by atoms with E-state index in [2.05, 4.69) is 10.1 Å². The van der Waals surface area contributed by atoms with E-state index in [9.17, 15) is 4.79 Å². The quantitative estimate of drug-likeness (QED) is 0.483. The normalized spacial score (nSPS) is 13.1. The zero-order valence-corrected chi connectivity index (χ0v) is 15.9. The van der Waals surface area contributed by atoms with Crippen molar-refractivity contribution in [1.82, 2.24) is 10.1 Å². The van der Waals surface area contributed by atoms with E-state index in [0.717, 1.165) is 6.42 Å². The molecule has 0 atom stereocenters. The molecule has 8 heteroatoms. The molecule has 1 aliphatic heterocycles. The van der Waals surface area contributed by atoms with Gasteiger partial charge in [-0.05, 0) is 29.8 Å². The third kappa shape index (κ3) is 4.09. The van der Waals surface area contributed by atoms with Gasteiger partial charge in [0.05, 0.1) is 24.7 Å². The third-order valence-corrected chi connectivity index (χ3v) is 4.34. The van der Waals surface area contributed by atoms with Crippen LogP contribution >= 0.6 is 11.6 Å². The average Bonchev–Trinajstić information content (AvgIpc) is 2.95. The van der Waals surface area contributed by atoms with Crippen LogP contribution in [0.4, 0.5) is 0 Å². The summed E-state index contributed by atoms with van der Waals surface area (Å²) in [5, 5.41) is 4.28. The Labute approximate surface area is 166 Å². The fraction of sp³-hybridized carbons (Fsp3) is 0.250. The summed E-state index contributed by atoms with van der Waals surface area (Å²) in [5.74, 6) is 1.92. The van der Waals surface area contributed by atoms with Crippen LogP contribution in [0, 0.1) is 6.92 Å². The van der Waals surface area contributed by atoms with Crippen LogP contribution in [0.5, 0.6) is 17.2 Å². The van der Waals surface area contributed by atoms with E-state index >= 15 is 0 Å². The van der Waals surface area contributed by atoms with Crippen molar-refractivity contribution in [3.05, 3.63) is 52.9 Å². The number of benzene rings is 2. The number of hydrogen-bond acceptors (Lipinski definition) is 7. The molecule has 28 heavy (non-hydrogen) atoms. The van der Waals surface area contributed by atoms with Crippen LogP contribution in [0.25, 0.3) is 11.4 Å². The number of aryl methyl sites for hydroxylation is 1. The first-order valence-corrected chi connectivity index (χ1v) is 9.16. The molecular weight excluding hydrogens is 384 g/mol. The summed E-state index contributed by atoms with van der Waals surface area (Å²) in [4.78, 5) is 16.6. The van der Waals surface area contributed by atoms with Gasteiger partial charge in [0.15, 0.2) is 11.5 Å². The highest BCUT2D eigenvalue weighted by molar-refractivity contribution is 6.32. The van der Waals surface area contributed by atoms with Crippen molar-refractivity contribution in [1.29, 1.82) is 0 Å². The van der Waals surface area contributed by atoms with Crippen LogP contribution in [0.3, 0.4) is 0 Å². The van der Waals surface area contributed by atoms with Gasteiger partial charge in [0, 0.05) is 18.9 Å². The number of carbonyl (C=O) groups excluding carboxylic acids is 1. The van der Waals surface area contributed by atoms with Crippen LogP contribution in [-0.2, 0) is 11.2 Å². The van der Waals surface area contributed by atoms with Gasteiger partial charge in [-0.25, -0.2) is 0 Å². The molecule has 0 spiro atoms. The Morgan fingerprint density at radius 1 is 1.21 bits per heavy atom. The Balaban J connectivity index is 1.48. The molecule has 0 aliphatic carbocycles. The van der Waals surface area contributed by atoms with E-state index in [1.165, 1.54) is 0 Å². The lowest BCUT2D eigenvalue weighted by molar-refractivity contribution is -0.133. The first-order valence-electron chi connectivity index (χ1n) is 8.78. The van der Waals surface area contributed by atoms with Crippen LogP contribution in [0.15, 0.2) is 40.9 Å². The molecule has 144 valence electrons. The topological polar surface area (TPSA) is 83.7 Å². The van der Waals surface area contributed by atoms with Crippen molar-refractivity contribution in [2.45, 2.75) is 19.8 Å². The Hall–Kier alpha value is -3.06. The Kier molecular flexibility index (Phi) is 5.16. The van der Waals surface area contributed by atoms with Gasteiger partial charge in [0.2, 0.25) is 11.7 Å². The number of hydrogen-bond donors (Lipinski definition) is 0. The predicted molar refractivity (Wildman–Crippen MR) is 101 cm³/mol. The van der Waals surface area contributed by atoms with E-state index in [-0.39, 0.29) is 6.42 Å². The van der Waals surface area contributed by atoms with Gasteiger partial charge < -0.3 is 18.7 Å². The van der Waals surface area contributed by atoms with Crippen LogP contribution in [0.2, 0.25) is 5.02 Å². The van der Waals surface area contributed by atoms with E-state index < -0.39 is 5.97 Å². The highest BCUT2D eigenvalue weighted by Gasteiger charge is 2.17. The average molecular weight is 401 g/mol. The van der Waals surface area contributed by atoms with Crippen molar-refractivity contribution in [3.8, 4) is 28.6 Å². The Bertz CT molecular complexity index is 1020. The van der Waals surface area contributed by atoms with E-state index in [0.29, 0.717) is 58.3 Å². The molecule has 0 bridgehead atoms. The zero-order valence-electron chi connectivity index (χ0n) is 15.1. The fourth-order valence-electron chi connectivity index (χ4n) is 2.84. The number of esters is 1. The second kappa shape index (κ2) is 7.90. The lowest BCUT2D eigenvalue weighted by Crippen LogP contribution is -2.11. The third-order valence-electron chi connectivity index (χ3n) is 4.06. The molecule has 1 aromatic heterocycles. The van der Waals surface area contributed by atoms with E-state index in [1.807, 2.05) is 6.07 Å². The summed E-state index contributed by atoms with van der Waals surface area (Å²) < 4.78 is 21.7. The first kappa shape index (κ1) is 18.3. The minimum atomic E-state index is -0.424. The van der Waals surface area contributed by atoms with Crippen molar-refractivity contribution in [2.75, 3.05) is 13.2 Å². The smallest absolute Gasteiger partial charge is 0.315 e. The number of aromatic nitrogens is 2. The minimum absolute atomic E-state index is 0.0436. The summed E-state index contributed by atoms with van der Waals surface area (Å²) in [5.41, 5.74) is 1.38. The molecule has 0 amide bonds. The molecule has 2 aromatic carbocycles.